The van der Waals surface area contributed by atoms with Crippen LogP contribution in [0.5, 0.6) is 0 Å². The predicted octanol–water partition coefficient (Wildman–Crippen LogP) is 11.4. The van der Waals surface area contributed by atoms with Crippen molar-refractivity contribution in [2.45, 2.75) is 170 Å². The maximum atomic E-state index is 2.57. The van der Waals surface area contributed by atoms with Gasteiger partial charge in [0.15, 0.2) is 0 Å². The van der Waals surface area contributed by atoms with E-state index in [0.29, 0.717) is 10.8 Å². The van der Waals surface area contributed by atoms with Gasteiger partial charge in [0.25, 0.3) is 0 Å². The molecule has 0 aliphatic carbocycles. The van der Waals surface area contributed by atoms with E-state index in [2.05, 4.69) is 66.5 Å². The minimum absolute atomic E-state index is 0.378. The second kappa shape index (κ2) is 20.8. The van der Waals surface area contributed by atoms with E-state index in [-0.39, 0.29) is 0 Å². The number of rotatable bonds is 22. The number of nitrogens with zero attached hydrogens (tertiary/aromatic N) is 1. The fourth-order valence-corrected chi connectivity index (χ4v) is 4.94. The molecule has 0 spiro atoms. The topological polar surface area (TPSA) is 3.24 Å². The molecule has 0 aliphatic heterocycles. The van der Waals surface area contributed by atoms with Crippen LogP contribution in [0.2, 0.25) is 0 Å². The van der Waals surface area contributed by atoms with Gasteiger partial charge in [-0.3, -0.25) is 0 Å². The summed E-state index contributed by atoms with van der Waals surface area (Å²) in [4.78, 5) is 2.57. The quantitative estimate of drug-likeness (QED) is 0.111. The van der Waals surface area contributed by atoms with Crippen molar-refractivity contribution in [2.24, 2.45) is 10.8 Å². The largest absolute Gasteiger partial charge is 0.302 e. The molecule has 0 saturated heterocycles. The molecule has 204 valence electrons. The Morgan fingerprint density at radius 2 is 1.00 bits per heavy atom. The average molecular weight is 478 g/mol. The standard InChI is InChI=1S/C33H67N/c1-9-10-11-12-13-14-15-16-17-18-19-20-21-22-23-24-28-34(8)30-31(29-33(5,6)7)26-25-27-32(2,3)4/h26H,9-25,27-30H2,1-8H3/b31-26+. The Bertz CT molecular complexity index is 462. The Morgan fingerprint density at radius 3 is 1.38 bits per heavy atom. The molecule has 1 heteroatoms. The first-order valence-electron chi connectivity index (χ1n) is 15.4. The lowest BCUT2D eigenvalue weighted by Crippen LogP contribution is -2.24. The Morgan fingerprint density at radius 1 is 0.588 bits per heavy atom. The molecule has 0 aromatic heterocycles. The fourth-order valence-electron chi connectivity index (χ4n) is 4.94. The molecule has 0 saturated carbocycles. The number of hydrogen-bond acceptors (Lipinski definition) is 1. The van der Waals surface area contributed by atoms with Crippen LogP contribution in [-0.2, 0) is 0 Å². The lowest BCUT2D eigenvalue weighted by Gasteiger charge is -2.25. The maximum absolute atomic E-state index is 2.57. The molecule has 0 bridgehead atoms. The molecular weight excluding hydrogens is 410 g/mol. The molecule has 0 rings (SSSR count). The Kier molecular flexibility index (Phi) is 20.7. The molecule has 0 heterocycles. The summed E-state index contributed by atoms with van der Waals surface area (Å²) < 4.78 is 0. The van der Waals surface area contributed by atoms with Gasteiger partial charge in [0, 0.05) is 6.54 Å². The molecule has 0 unspecified atom stereocenters. The number of unbranched alkanes of at least 4 members (excludes halogenated alkanes) is 15. The highest BCUT2D eigenvalue weighted by Gasteiger charge is 2.15. The Hall–Kier alpha value is -0.300. The monoisotopic (exact) mass is 478 g/mol. The minimum atomic E-state index is 0.378. The van der Waals surface area contributed by atoms with Gasteiger partial charge in [-0.05, 0) is 50.1 Å². The minimum Gasteiger partial charge on any atom is -0.302 e. The van der Waals surface area contributed by atoms with Crippen molar-refractivity contribution in [3.05, 3.63) is 11.6 Å². The summed E-state index contributed by atoms with van der Waals surface area (Å²) in [6, 6.07) is 0. The second-order valence-electron chi connectivity index (χ2n) is 13.7. The smallest absolute Gasteiger partial charge is 0.0190 e. The van der Waals surface area contributed by atoms with E-state index >= 15 is 0 Å². The van der Waals surface area contributed by atoms with Gasteiger partial charge in [0.05, 0.1) is 0 Å². The molecule has 0 aliphatic rings. The summed E-state index contributed by atoms with van der Waals surface area (Å²) in [5.74, 6) is 0. The van der Waals surface area contributed by atoms with Gasteiger partial charge >= 0.3 is 0 Å². The molecular formula is C33H67N. The average Bonchev–Trinajstić information content (AvgIpc) is 2.71. The number of hydrogen-bond donors (Lipinski definition) is 0. The van der Waals surface area contributed by atoms with Gasteiger partial charge in [-0.15, -0.1) is 0 Å². The lowest BCUT2D eigenvalue weighted by atomic mass is 9.86. The van der Waals surface area contributed by atoms with E-state index < -0.39 is 0 Å². The fraction of sp³-hybridized carbons (Fsp3) is 0.939. The third-order valence-corrected chi connectivity index (χ3v) is 6.95. The van der Waals surface area contributed by atoms with Crippen LogP contribution in [0.15, 0.2) is 11.6 Å². The summed E-state index contributed by atoms with van der Waals surface area (Å²) in [5.41, 5.74) is 2.46. The molecule has 0 radical (unpaired) electrons. The van der Waals surface area contributed by atoms with Crippen molar-refractivity contribution in [2.75, 3.05) is 20.1 Å². The van der Waals surface area contributed by atoms with Crippen LogP contribution in [0, 0.1) is 10.8 Å². The third-order valence-electron chi connectivity index (χ3n) is 6.95. The van der Waals surface area contributed by atoms with E-state index in [1.807, 2.05) is 0 Å². The van der Waals surface area contributed by atoms with Gasteiger partial charge in [0.2, 0.25) is 0 Å². The van der Waals surface area contributed by atoms with Crippen molar-refractivity contribution < 1.29 is 0 Å². The van der Waals surface area contributed by atoms with E-state index in [4.69, 9.17) is 0 Å². The Balaban J connectivity index is 3.74. The molecule has 0 amide bonds. The molecule has 0 atom stereocenters. The molecule has 0 N–H and O–H groups in total. The van der Waals surface area contributed by atoms with Crippen LogP contribution in [0.25, 0.3) is 0 Å². The van der Waals surface area contributed by atoms with E-state index in [1.165, 1.54) is 129 Å². The van der Waals surface area contributed by atoms with E-state index in [9.17, 15) is 0 Å². The van der Waals surface area contributed by atoms with Gasteiger partial charge in [-0.2, -0.15) is 0 Å². The van der Waals surface area contributed by atoms with Crippen molar-refractivity contribution >= 4 is 0 Å². The third kappa shape index (κ3) is 26.3. The first kappa shape index (κ1) is 33.7. The highest BCUT2D eigenvalue weighted by atomic mass is 15.1. The van der Waals surface area contributed by atoms with Gasteiger partial charge in [-0.1, -0.05) is 156 Å². The first-order valence-corrected chi connectivity index (χ1v) is 15.4. The van der Waals surface area contributed by atoms with E-state index in [1.54, 1.807) is 5.57 Å². The molecule has 34 heavy (non-hydrogen) atoms. The summed E-state index contributed by atoms with van der Waals surface area (Å²) in [5, 5.41) is 0. The van der Waals surface area contributed by atoms with Crippen LogP contribution in [0.1, 0.15) is 170 Å². The van der Waals surface area contributed by atoms with Crippen molar-refractivity contribution in [1.82, 2.24) is 4.90 Å². The normalized spacial score (nSPS) is 13.3. The maximum Gasteiger partial charge on any atom is 0.0190 e. The highest BCUT2D eigenvalue weighted by molar-refractivity contribution is 5.07. The first-order chi connectivity index (χ1) is 16.0. The summed E-state index contributed by atoms with van der Waals surface area (Å²) in [6.45, 7) is 18.9. The second-order valence-corrected chi connectivity index (χ2v) is 13.7. The van der Waals surface area contributed by atoms with Crippen LogP contribution in [-0.4, -0.2) is 25.0 Å². The SMILES string of the molecule is CCCCCCCCCCCCCCCCCCN(C)C/C(=C/CCC(C)(C)C)CC(C)(C)C. The zero-order valence-corrected chi connectivity index (χ0v) is 25.4. The predicted molar refractivity (Wildman–Crippen MR) is 158 cm³/mol. The molecule has 0 aromatic carbocycles. The van der Waals surface area contributed by atoms with Crippen LogP contribution in [0.3, 0.4) is 0 Å². The van der Waals surface area contributed by atoms with Gasteiger partial charge < -0.3 is 4.90 Å². The number of likely N-dealkylation sites (N-methyl/N-ethyl adjacent to an activating group) is 1. The highest BCUT2D eigenvalue weighted by Crippen LogP contribution is 2.27. The molecule has 0 fully saturated rings. The van der Waals surface area contributed by atoms with Crippen LogP contribution >= 0.6 is 0 Å². The van der Waals surface area contributed by atoms with Crippen LogP contribution in [0.4, 0.5) is 0 Å². The molecule has 1 nitrogen and oxygen atoms in total. The Labute approximate surface area is 217 Å². The lowest BCUT2D eigenvalue weighted by molar-refractivity contribution is 0.325. The van der Waals surface area contributed by atoms with Crippen LogP contribution < -0.4 is 0 Å². The van der Waals surface area contributed by atoms with E-state index in [0.717, 1.165) is 6.54 Å². The van der Waals surface area contributed by atoms with Crippen molar-refractivity contribution in [1.29, 1.82) is 0 Å². The summed E-state index contributed by atoms with van der Waals surface area (Å²) >= 11 is 0. The van der Waals surface area contributed by atoms with Gasteiger partial charge in [-0.25, -0.2) is 0 Å². The van der Waals surface area contributed by atoms with Crippen molar-refractivity contribution in [3.63, 3.8) is 0 Å². The van der Waals surface area contributed by atoms with Crippen molar-refractivity contribution in [3.8, 4) is 0 Å². The zero-order valence-electron chi connectivity index (χ0n) is 25.4. The molecule has 0 aromatic rings. The number of allylic oxidation sites excluding steroid dienone is 1. The summed E-state index contributed by atoms with van der Waals surface area (Å²) in [6.07, 6.45) is 29.4. The summed E-state index contributed by atoms with van der Waals surface area (Å²) in [7, 11) is 2.32. The zero-order chi connectivity index (χ0) is 25.7. The van der Waals surface area contributed by atoms with Gasteiger partial charge in [0.1, 0.15) is 0 Å².